The number of carbonyl (C=O) groups excluding carboxylic acids is 1. The van der Waals surface area contributed by atoms with Crippen LogP contribution in [0, 0.1) is 0 Å². The molecule has 0 saturated carbocycles. The van der Waals surface area contributed by atoms with Gasteiger partial charge in [0.25, 0.3) is 0 Å². The van der Waals surface area contributed by atoms with E-state index in [1.165, 1.54) is 4.88 Å². The van der Waals surface area contributed by atoms with Gasteiger partial charge in [-0.2, -0.15) is 0 Å². The van der Waals surface area contributed by atoms with Gasteiger partial charge in [-0.15, -0.1) is 11.3 Å². The minimum Gasteiger partial charge on any atom is -0.374 e. The third-order valence-electron chi connectivity index (χ3n) is 2.00. The van der Waals surface area contributed by atoms with Gasteiger partial charge in [0.2, 0.25) is 0 Å². The van der Waals surface area contributed by atoms with Crippen LogP contribution in [0.15, 0.2) is 17.5 Å². The Morgan fingerprint density at radius 2 is 2.46 bits per heavy atom. The van der Waals surface area contributed by atoms with Gasteiger partial charge in [0.05, 0.1) is 0 Å². The van der Waals surface area contributed by atoms with E-state index in [2.05, 4.69) is 6.07 Å². The summed E-state index contributed by atoms with van der Waals surface area (Å²) in [6, 6.07) is 4.06. The van der Waals surface area contributed by atoms with Crippen LogP contribution < -0.4 is 0 Å². The first-order valence-electron chi connectivity index (χ1n) is 4.32. The molecule has 2 nitrogen and oxygen atoms in total. The van der Waals surface area contributed by atoms with Crippen LogP contribution >= 0.6 is 11.3 Å². The van der Waals surface area contributed by atoms with Crippen molar-refractivity contribution in [3.05, 3.63) is 22.4 Å². The molecule has 0 aliphatic heterocycles. The van der Waals surface area contributed by atoms with Gasteiger partial charge in [0.1, 0.15) is 6.10 Å². The molecule has 0 bridgehead atoms. The number of Topliss-reactive ketones (excluding diaryl/α,β-unsaturated/α-hetero) is 1. The summed E-state index contributed by atoms with van der Waals surface area (Å²) < 4.78 is 4.94. The lowest BCUT2D eigenvalue weighted by atomic mass is 10.1. The van der Waals surface area contributed by atoms with Crippen molar-refractivity contribution >= 4 is 17.1 Å². The van der Waals surface area contributed by atoms with E-state index < -0.39 is 0 Å². The highest BCUT2D eigenvalue weighted by Crippen LogP contribution is 2.11. The molecule has 0 aromatic carbocycles. The summed E-state index contributed by atoms with van der Waals surface area (Å²) in [6.45, 7) is 1.79. The number of methoxy groups -OCH3 is 1. The van der Waals surface area contributed by atoms with Crippen LogP contribution in [0.4, 0.5) is 0 Å². The number of ketones is 1. The van der Waals surface area contributed by atoms with E-state index in [4.69, 9.17) is 4.74 Å². The minimum absolute atomic E-state index is 0.177. The molecule has 1 rings (SSSR count). The van der Waals surface area contributed by atoms with Gasteiger partial charge >= 0.3 is 0 Å². The van der Waals surface area contributed by atoms with E-state index in [9.17, 15) is 4.79 Å². The van der Waals surface area contributed by atoms with E-state index in [1.54, 1.807) is 25.4 Å². The third kappa shape index (κ3) is 3.28. The molecule has 3 heteroatoms. The smallest absolute Gasteiger partial charge is 0.161 e. The molecule has 0 amide bonds. The van der Waals surface area contributed by atoms with Crippen molar-refractivity contribution in [2.75, 3.05) is 7.11 Å². The predicted molar refractivity (Wildman–Crippen MR) is 54.1 cm³/mol. The van der Waals surface area contributed by atoms with Crippen LogP contribution in [-0.2, 0) is 16.0 Å². The van der Waals surface area contributed by atoms with E-state index in [1.807, 2.05) is 11.4 Å². The molecule has 0 N–H and O–H groups in total. The van der Waals surface area contributed by atoms with Crippen molar-refractivity contribution in [1.29, 1.82) is 0 Å². The average Bonchev–Trinajstić information content (AvgIpc) is 2.65. The van der Waals surface area contributed by atoms with E-state index in [-0.39, 0.29) is 11.9 Å². The molecule has 1 atom stereocenters. The van der Waals surface area contributed by atoms with Crippen molar-refractivity contribution < 1.29 is 9.53 Å². The summed E-state index contributed by atoms with van der Waals surface area (Å²) in [7, 11) is 1.56. The van der Waals surface area contributed by atoms with Crippen LogP contribution in [0.5, 0.6) is 0 Å². The van der Waals surface area contributed by atoms with Crippen LogP contribution in [0.2, 0.25) is 0 Å². The van der Waals surface area contributed by atoms with Gasteiger partial charge < -0.3 is 4.74 Å². The Labute approximate surface area is 82.5 Å². The Kier molecular flexibility index (Phi) is 4.12. The SMILES string of the molecule is COC(C)C(=O)CCc1cccs1. The van der Waals surface area contributed by atoms with E-state index in [0.29, 0.717) is 6.42 Å². The van der Waals surface area contributed by atoms with E-state index >= 15 is 0 Å². The molecular formula is C10H14O2S. The molecule has 72 valence electrons. The molecule has 1 heterocycles. The normalized spacial score (nSPS) is 12.8. The van der Waals surface area contributed by atoms with Gasteiger partial charge in [0.15, 0.2) is 5.78 Å². The van der Waals surface area contributed by atoms with Crippen molar-refractivity contribution in [2.24, 2.45) is 0 Å². The highest BCUT2D eigenvalue weighted by Gasteiger charge is 2.11. The number of hydrogen-bond donors (Lipinski definition) is 0. The Morgan fingerprint density at radius 1 is 1.69 bits per heavy atom. The Morgan fingerprint density at radius 3 is 3.00 bits per heavy atom. The molecule has 0 spiro atoms. The maximum Gasteiger partial charge on any atom is 0.161 e. The maximum atomic E-state index is 11.3. The zero-order valence-corrected chi connectivity index (χ0v) is 8.76. The Bertz CT molecular complexity index is 254. The van der Waals surface area contributed by atoms with Gasteiger partial charge in [-0.25, -0.2) is 0 Å². The lowest BCUT2D eigenvalue weighted by molar-refractivity contribution is -0.127. The Balaban J connectivity index is 2.31. The maximum absolute atomic E-state index is 11.3. The summed E-state index contributed by atoms with van der Waals surface area (Å²) in [4.78, 5) is 12.6. The van der Waals surface area contributed by atoms with Gasteiger partial charge in [-0.05, 0) is 24.8 Å². The second-order valence-electron chi connectivity index (χ2n) is 2.92. The lowest BCUT2D eigenvalue weighted by Crippen LogP contribution is -2.19. The molecule has 0 aliphatic carbocycles. The molecule has 1 aromatic rings. The fraction of sp³-hybridized carbons (Fsp3) is 0.500. The second kappa shape index (κ2) is 5.14. The zero-order chi connectivity index (χ0) is 9.68. The van der Waals surface area contributed by atoms with Crippen molar-refractivity contribution in [2.45, 2.75) is 25.9 Å². The molecule has 1 aromatic heterocycles. The van der Waals surface area contributed by atoms with Gasteiger partial charge in [0, 0.05) is 18.4 Å². The fourth-order valence-electron chi connectivity index (χ4n) is 1.04. The van der Waals surface area contributed by atoms with Crippen LogP contribution in [-0.4, -0.2) is 19.0 Å². The number of hydrogen-bond acceptors (Lipinski definition) is 3. The molecule has 13 heavy (non-hydrogen) atoms. The second-order valence-corrected chi connectivity index (χ2v) is 3.96. The first-order chi connectivity index (χ1) is 6.24. The molecule has 0 aliphatic rings. The molecule has 0 radical (unpaired) electrons. The Hall–Kier alpha value is -0.670. The quantitative estimate of drug-likeness (QED) is 0.725. The number of thiophene rings is 1. The summed E-state index contributed by atoms with van der Waals surface area (Å²) in [6.07, 6.45) is 1.15. The zero-order valence-electron chi connectivity index (χ0n) is 7.95. The number of aryl methyl sites for hydroxylation is 1. The number of carbonyl (C=O) groups is 1. The number of ether oxygens (including phenoxy) is 1. The molecule has 1 unspecified atom stereocenters. The summed E-state index contributed by atoms with van der Waals surface area (Å²) in [5.74, 6) is 0.177. The largest absolute Gasteiger partial charge is 0.374 e. The highest BCUT2D eigenvalue weighted by molar-refractivity contribution is 7.09. The van der Waals surface area contributed by atoms with Crippen molar-refractivity contribution in [1.82, 2.24) is 0 Å². The van der Waals surface area contributed by atoms with Crippen molar-refractivity contribution in [3.8, 4) is 0 Å². The topological polar surface area (TPSA) is 26.3 Å². The van der Waals surface area contributed by atoms with Gasteiger partial charge in [-0.3, -0.25) is 4.79 Å². The average molecular weight is 198 g/mol. The fourth-order valence-corrected chi connectivity index (χ4v) is 1.74. The minimum atomic E-state index is -0.264. The monoisotopic (exact) mass is 198 g/mol. The summed E-state index contributed by atoms with van der Waals surface area (Å²) in [5, 5.41) is 2.03. The van der Waals surface area contributed by atoms with Crippen LogP contribution in [0.25, 0.3) is 0 Å². The summed E-state index contributed by atoms with van der Waals surface area (Å²) in [5.41, 5.74) is 0. The van der Waals surface area contributed by atoms with E-state index in [0.717, 1.165) is 6.42 Å². The first kappa shape index (κ1) is 10.4. The molecule has 0 fully saturated rings. The molecular weight excluding hydrogens is 184 g/mol. The van der Waals surface area contributed by atoms with Gasteiger partial charge in [-0.1, -0.05) is 6.07 Å². The first-order valence-corrected chi connectivity index (χ1v) is 5.20. The van der Waals surface area contributed by atoms with Crippen LogP contribution in [0.1, 0.15) is 18.2 Å². The lowest BCUT2D eigenvalue weighted by Gasteiger charge is -2.06. The third-order valence-corrected chi connectivity index (χ3v) is 2.94. The van der Waals surface area contributed by atoms with Crippen LogP contribution in [0.3, 0.4) is 0 Å². The summed E-state index contributed by atoms with van der Waals surface area (Å²) >= 11 is 1.69. The van der Waals surface area contributed by atoms with Crippen molar-refractivity contribution in [3.63, 3.8) is 0 Å². The highest BCUT2D eigenvalue weighted by atomic mass is 32.1. The molecule has 0 saturated heterocycles. The number of rotatable bonds is 5. The predicted octanol–water partition coefficient (Wildman–Crippen LogP) is 2.28. The standard InChI is InChI=1S/C10H14O2S/c1-8(12-2)10(11)6-5-9-4-3-7-13-9/h3-4,7-8H,5-6H2,1-2H3.